The molecule has 13 aromatic rings. The average Bonchev–Trinajstić information content (AvgIpc) is 4.38. The molecule has 4 aromatic heterocycles. The molecule has 0 bridgehead atoms. The highest BCUT2D eigenvalue weighted by molar-refractivity contribution is 7.26. The summed E-state index contributed by atoms with van der Waals surface area (Å²) in [5.41, 5.74) is 20.1. The van der Waals surface area contributed by atoms with Crippen LogP contribution in [-0.4, -0.2) is 11.8 Å². The zero-order valence-corrected chi connectivity index (χ0v) is 49.1. The van der Waals surface area contributed by atoms with Gasteiger partial charge in [-0.2, -0.15) is 0 Å². The highest BCUT2D eigenvalue weighted by atomic mass is 32.1. The van der Waals surface area contributed by atoms with Crippen molar-refractivity contribution >= 4 is 143 Å². The molecule has 390 valence electrons. The second-order valence-corrected chi connectivity index (χ2v) is 28.5. The minimum atomic E-state index is -0.0230. The third kappa shape index (κ3) is 8.21. The van der Waals surface area contributed by atoms with Crippen LogP contribution in [0.1, 0.15) is 105 Å². The number of aromatic nitrogens is 1. The van der Waals surface area contributed by atoms with E-state index in [4.69, 9.17) is 4.42 Å². The molecule has 0 saturated heterocycles. The second kappa shape index (κ2) is 17.5. The van der Waals surface area contributed by atoms with Crippen molar-refractivity contribution < 1.29 is 4.42 Å². The van der Waals surface area contributed by atoms with Crippen LogP contribution in [0.15, 0.2) is 174 Å². The Bertz CT molecular complexity index is 4560. The largest absolute Gasteiger partial charge is 0.469 e. The summed E-state index contributed by atoms with van der Waals surface area (Å²) in [5, 5.41) is 12.8. The molecule has 1 aliphatic rings. The van der Waals surface area contributed by atoms with Gasteiger partial charge in [0.05, 0.1) is 16.9 Å². The molecule has 1 N–H and O–H groups in total. The van der Waals surface area contributed by atoms with Gasteiger partial charge in [0.2, 0.25) is 7.28 Å². The van der Waals surface area contributed by atoms with Crippen LogP contribution in [0.3, 0.4) is 0 Å². The van der Waals surface area contributed by atoms with E-state index in [2.05, 4.69) is 268 Å². The molecule has 0 saturated carbocycles. The van der Waals surface area contributed by atoms with Gasteiger partial charge in [0.1, 0.15) is 5.58 Å². The van der Waals surface area contributed by atoms with Gasteiger partial charge in [0, 0.05) is 96.0 Å². The Morgan fingerprint density at radius 3 is 1.63 bits per heavy atom. The number of nitrogens with one attached hydrogen (secondary N) is 1. The molecular formula is C72H66BN3OS2. The van der Waals surface area contributed by atoms with E-state index in [1.54, 1.807) is 0 Å². The molecular weight excluding hydrogens is 998 g/mol. The molecule has 7 heteroatoms. The molecule has 0 amide bonds. The Balaban J connectivity index is 1.01. The van der Waals surface area contributed by atoms with Gasteiger partial charge in [-0.05, 0) is 152 Å². The van der Waals surface area contributed by atoms with Crippen molar-refractivity contribution in [1.82, 2.24) is 4.57 Å². The van der Waals surface area contributed by atoms with Crippen molar-refractivity contribution in [3.63, 3.8) is 0 Å². The maximum absolute atomic E-state index is 7.09. The van der Waals surface area contributed by atoms with Gasteiger partial charge >= 0.3 is 0 Å². The minimum Gasteiger partial charge on any atom is -0.469 e. The van der Waals surface area contributed by atoms with Crippen molar-refractivity contribution in [2.45, 2.75) is 105 Å². The van der Waals surface area contributed by atoms with Crippen molar-refractivity contribution in [2.24, 2.45) is 0 Å². The Morgan fingerprint density at radius 2 is 0.987 bits per heavy atom. The fraction of sp³-hybridized carbons (Fsp3) is 0.222. The third-order valence-electron chi connectivity index (χ3n) is 16.8. The number of furan rings is 1. The fourth-order valence-corrected chi connectivity index (χ4v) is 14.6. The van der Waals surface area contributed by atoms with Crippen molar-refractivity contribution in [2.75, 3.05) is 10.2 Å². The van der Waals surface area contributed by atoms with E-state index in [-0.39, 0.29) is 21.7 Å². The summed E-state index contributed by atoms with van der Waals surface area (Å²) in [6, 6.07) is 64.8. The lowest BCUT2D eigenvalue weighted by atomic mass is 9.62. The van der Waals surface area contributed by atoms with Crippen LogP contribution in [0.5, 0.6) is 0 Å². The standard InChI is InChI=1S/C72H66BN3OS2/c1-69(2,3)41-17-24-45(25-18-41)74-58-39-63-56(54-36-48(30-34-62(54)79-63)75(46-26-19-42(20-27-46)70(4,5)6)47-28-21-43(22-29-47)71(7,8)9)37-52(58)50-31-32-51-53-38-55-49-15-13-14-16-61(49)78-64(55)40-59(53)76-66(51)65(50)73-68-67(76)57-35-44(72(10,11)12)23-33-60(57)77-68/h13-40,73-74H,1-12H3. The molecule has 1 aliphatic heterocycles. The maximum Gasteiger partial charge on any atom is 0.244 e. The number of rotatable bonds is 6. The summed E-state index contributed by atoms with van der Waals surface area (Å²) in [5.74, 6) is 0. The van der Waals surface area contributed by atoms with Crippen molar-refractivity contribution in [3.05, 3.63) is 192 Å². The van der Waals surface area contributed by atoms with Crippen LogP contribution >= 0.6 is 22.7 Å². The Labute approximate surface area is 472 Å². The monoisotopic (exact) mass is 1060 g/mol. The Kier molecular flexibility index (Phi) is 11.0. The summed E-state index contributed by atoms with van der Waals surface area (Å²) in [6.07, 6.45) is 0. The smallest absolute Gasteiger partial charge is 0.244 e. The molecule has 0 radical (unpaired) electrons. The lowest BCUT2D eigenvalue weighted by Crippen LogP contribution is -2.36. The molecule has 0 unspecified atom stereocenters. The first-order valence-electron chi connectivity index (χ1n) is 28.0. The third-order valence-corrected chi connectivity index (χ3v) is 19.1. The summed E-state index contributed by atoms with van der Waals surface area (Å²) in [7, 11) is 0.665. The minimum absolute atomic E-state index is 0.0230. The van der Waals surface area contributed by atoms with Gasteiger partial charge in [-0.25, -0.2) is 0 Å². The normalized spacial score (nSPS) is 13.2. The molecule has 14 rings (SSSR count). The van der Waals surface area contributed by atoms with Gasteiger partial charge in [0.15, 0.2) is 0 Å². The van der Waals surface area contributed by atoms with Gasteiger partial charge in [0.25, 0.3) is 0 Å². The summed E-state index contributed by atoms with van der Waals surface area (Å²) >= 11 is 3.75. The second-order valence-electron chi connectivity index (χ2n) is 26.4. The summed E-state index contributed by atoms with van der Waals surface area (Å²) in [6.45, 7) is 27.5. The van der Waals surface area contributed by atoms with E-state index in [1.807, 2.05) is 22.7 Å². The molecule has 79 heavy (non-hydrogen) atoms. The lowest BCUT2D eigenvalue weighted by molar-refractivity contribution is 0.590. The van der Waals surface area contributed by atoms with Crippen LogP contribution < -0.4 is 21.3 Å². The number of nitrogens with zero attached hydrogens (tertiary/aromatic N) is 2. The van der Waals surface area contributed by atoms with Crippen LogP contribution in [0, 0.1) is 0 Å². The number of anilines is 5. The van der Waals surface area contributed by atoms with Crippen LogP contribution in [0.25, 0.3) is 89.9 Å². The Hall–Kier alpha value is -7.58. The first-order chi connectivity index (χ1) is 37.6. The molecule has 0 fully saturated rings. The van der Waals surface area contributed by atoms with Crippen molar-refractivity contribution in [1.29, 1.82) is 0 Å². The van der Waals surface area contributed by atoms with Crippen LogP contribution in [0.2, 0.25) is 0 Å². The number of benzene rings is 9. The zero-order valence-electron chi connectivity index (χ0n) is 47.5. The van der Waals surface area contributed by atoms with Gasteiger partial charge in [-0.15, -0.1) is 22.7 Å². The molecule has 0 atom stereocenters. The predicted molar refractivity (Wildman–Crippen MR) is 347 cm³/mol. The molecule has 0 spiro atoms. The molecule has 9 aromatic carbocycles. The SMILES string of the molecule is CC(C)(C)c1ccc(Nc2cc3sc4ccc(N(c5ccc(C(C)(C)C)cc5)c5ccc(C(C)(C)C)cc5)cc4c3cc2-c2ccc3c4cc5c(cc4n4c3c2Bc2oc3ccc(C(C)(C)C)cc3c2-4)sc2ccccc25)cc1. The van der Waals surface area contributed by atoms with Crippen LogP contribution in [-0.2, 0) is 21.7 Å². The topological polar surface area (TPSA) is 33.3 Å². The van der Waals surface area contributed by atoms with E-state index >= 15 is 0 Å². The quantitative estimate of drug-likeness (QED) is 0.169. The van der Waals surface area contributed by atoms with E-state index < -0.39 is 0 Å². The number of hydrogen-bond acceptors (Lipinski definition) is 5. The number of fused-ring (bicyclic) bond motifs is 13. The Morgan fingerprint density at radius 1 is 0.430 bits per heavy atom. The lowest BCUT2D eigenvalue weighted by Gasteiger charge is -2.28. The van der Waals surface area contributed by atoms with Crippen molar-refractivity contribution in [3.8, 4) is 16.8 Å². The average molecular weight is 1060 g/mol. The molecule has 4 nitrogen and oxygen atoms in total. The summed E-state index contributed by atoms with van der Waals surface area (Å²) in [4.78, 5) is 2.43. The van der Waals surface area contributed by atoms with E-state index in [0.717, 1.165) is 39.7 Å². The molecule has 5 heterocycles. The first-order valence-corrected chi connectivity index (χ1v) is 29.6. The van der Waals surface area contributed by atoms with Gasteiger partial charge in [-0.3, -0.25) is 0 Å². The summed E-state index contributed by atoms with van der Waals surface area (Å²) < 4.78 is 14.8. The highest BCUT2D eigenvalue weighted by Gasteiger charge is 2.32. The van der Waals surface area contributed by atoms with E-state index in [0.29, 0.717) is 7.28 Å². The molecule has 0 aliphatic carbocycles. The predicted octanol–water partition coefficient (Wildman–Crippen LogP) is 20.0. The number of hydrogen-bond donors (Lipinski definition) is 1. The maximum atomic E-state index is 7.09. The van der Waals surface area contributed by atoms with Gasteiger partial charge < -0.3 is 19.2 Å². The van der Waals surface area contributed by atoms with E-state index in [1.165, 1.54) is 112 Å². The zero-order chi connectivity index (χ0) is 54.7. The number of thiophene rings is 2. The van der Waals surface area contributed by atoms with Gasteiger partial charge in [-0.1, -0.05) is 156 Å². The first kappa shape index (κ1) is 49.7. The fourth-order valence-electron chi connectivity index (χ4n) is 12.3. The van der Waals surface area contributed by atoms with E-state index in [9.17, 15) is 0 Å². The van der Waals surface area contributed by atoms with Crippen LogP contribution in [0.4, 0.5) is 28.4 Å². The highest BCUT2D eigenvalue weighted by Crippen LogP contribution is 2.48.